The maximum atomic E-state index is 13.9. The van der Waals surface area contributed by atoms with Gasteiger partial charge in [-0.2, -0.15) is 9.65 Å². The zero-order valence-corrected chi connectivity index (χ0v) is 23.4. The number of aryl methyl sites for hydroxylation is 1. The van der Waals surface area contributed by atoms with Crippen LogP contribution in [0, 0.1) is 29.6 Å². The van der Waals surface area contributed by atoms with Gasteiger partial charge in [0, 0.05) is 35.1 Å². The molecule has 0 amide bonds. The van der Waals surface area contributed by atoms with Crippen molar-refractivity contribution in [1.82, 2.24) is 25.0 Å². The lowest BCUT2D eigenvalue weighted by Gasteiger charge is -2.23. The predicted octanol–water partition coefficient (Wildman–Crippen LogP) is 6.61. The number of fused-ring (bicyclic) bond motifs is 1. The van der Waals surface area contributed by atoms with Gasteiger partial charge in [-0.1, -0.05) is 43.7 Å². The van der Waals surface area contributed by atoms with Crippen LogP contribution >= 0.6 is 11.6 Å². The Morgan fingerprint density at radius 3 is 2.50 bits per heavy atom. The first kappa shape index (κ1) is 27.3. The topological polar surface area (TPSA) is 104 Å². The van der Waals surface area contributed by atoms with Gasteiger partial charge in [0.1, 0.15) is 11.8 Å². The first-order chi connectivity index (χ1) is 17.8. The summed E-state index contributed by atoms with van der Waals surface area (Å²) in [6.07, 6.45) is 3.41. The van der Waals surface area contributed by atoms with E-state index in [1.54, 1.807) is 23.7 Å². The molecular formula is C28H32ClFN8. The summed E-state index contributed by atoms with van der Waals surface area (Å²) in [5.74, 6) is -0.554. The number of rotatable bonds is 6. The minimum absolute atomic E-state index is 0.0148. The third kappa shape index (κ3) is 5.86. The molecule has 4 rings (SSSR count). The fourth-order valence-electron chi connectivity index (χ4n) is 4.03. The van der Waals surface area contributed by atoms with Crippen molar-refractivity contribution in [2.45, 2.75) is 60.0 Å². The number of hydrogen-bond donors (Lipinski definition) is 2. The molecule has 3 heterocycles. The second-order valence-electron chi connectivity index (χ2n) is 11.6. The van der Waals surface area contributed by atoms with Gasteiger partial charge in [-0.15, -0.1) is 5.10 Å². The standard InChI is InChI=1S/C28H32ClFN8/c1-16-19(8-9-23(30)34-16)26(22-14-38(37-36-22)28(5,6)7)35-18-10-20-24(33-15-27(2,3)4)17(12-31)13-32-25(20)21(29)11-18/h8-11,13-14,26,35H,15H2,1-7H3,(H,32,33)/t26-/m0/s1. The number of nitrogens with one attached hydrogen (secondary N) is 2. The van der Waals surface area contributed by atoms with Crippen LogP contribution in [0.5, 0.6) is 0 Å². The summed E-state index contributed by atoms with van der Waals surface area (Å²) >= 11 is 6.70. The highest BCUT2D eigenvalue weighted by molar-refractivity contribution is 6.35. The summed E-state index contributed by atoms with van der Waals surface area (Å²) in [7, 11) is 0. The molecule has 10 heteroatoms. The fraction of sp³-hybridized carbons (Fsp3) is 0.393. The van der Waals surface area contributed by atoms with E-state index in [4.69, 9.17) is 11.6 Å². The molecule has 0 aliphatic heterocycles. The van der Waals surface area contributed by atoms with Crippen molar-refractivity contribution < 1.29 is 4.39 Å². The Hall–Kier alpha value is -3.77. The van der Waals surface area contributed by atoms with Crippen molar-refractivity contribution in [3.63, 3.8) is 0 Å². The number of hydrogen-bond acceptors (Lipinski definition) is 7. The van der Waals surface area contributed by atoms with Crippen molar-refractivity contribution >= 4 is 33.9 Å². The van der Waals surface area contributed by atoms with Crippen molar-refractivity contribution in [1.29, 1.82) is 5.26 Å². The van der Waals surface area contributed by atoms with E-state index in [-0.39, 0.29) is 11.0 Å². The van der Waals surface area contributed by atoms with Gasteiger partial charge in [0.2, 0.25) is 5.95 Å². The minimum Gasteiger partial charge on any atom is -0.383 e. The molecule has 198 valence electrons. The van der Waals surface area contributed by atoms with Crippen molar-refractivity contribution in [2.24, 2.45) is 5.41 Å². The van der Waals surface area contributed by atoms with E-state index >= 15 is 0 Å². The molecule has 4 aromatic rings. The minimum atomic E-state index is -0.554. The zero-order valence-electron chi connectivity index (χ0n) is 22.7. The number of pyridine rings is 2. The first-order valence-electron chi connectivity index (χ1n) is 12.4. The van der Waals surface area contributed by atoms with E-state index in [9.17, 15) is 9.65 Å². The Kier molecular flexibility index (Phi) is 7.31. The summed E-state index contributed by atoms with van der Waals surface area (Å²) in [4.78, 5) is 8.47. The summed E-state index contributed by atoms with van der Waals surface area (Å²) in [6, 6.07) is 8.45. The Bertz CT molecular complexity index is 1530. The van der Waals surface area contributed by atoms with E-state index in [0.29, 0.717) is 50.8 Å². The van der Waals surface area contributed by atoms with E-state index in [2.05, 4.69) is 57.8 Å². The third-order valence-corrected chi connectivity index (χ3v) is 6.34. The Morgan fingerprint density at radius 1 is 1.16 bits per heavy atom. The maximum Gasteiger partial charge on any atom is 0.213 e. The number of benzene rings is 1. The van der Waals surface area contributed by atoms with Gasteiger partial charge >= 0.3 is 0 Å². The van der Waals surface area contributed by atoms with Gasteiger partial charge in [-0.3, -0.25) is 4.98 Å². The van der Waals surface area contributed by atoms with Crippen LogP contribution in [0.1, 0.15) is 70.1 Å². The first-order valence-corrected chi connectivity index (χ1v) is 12.7. The van der Waals surface area contributed by atoms with Crippen LogP contribution in [0.4, 0.5) is 15.8 Å². The zero-order chi connectivity index (χ0) is 27.8. The maximum absolute atomic E-state index is 13.9. The van der Waals surface area contributed by atoms with E-state index in [1.807, 2.05) is 33.0 Å². The third-order valence-electron chi connectivity index (χ3n) is 6.05. The molecular weight excluding hydrogens is 503 g/mol. The molecule has 1 aromatic carbocycles. The summed E-state index contributed by atoms with van der Waals surface area (Å²) in [5, 5.41) is 26.6. The Labute approximate surface area is 227 Å². The largest absolute Gasteiger partial charge is 0.383 e. The second-order valence-corrected chi connectivity index (χ2v) is 12.0. The average Bonchev–Trinajstić information content (AvgIpc) is 3.31. The van der Waals surface area contributed by atoms with Crippen LogP contribution in [-0.4, -0.2) is 31.5 Å². The smallest absolute Gasteiger partial charge is 0.213 e. The normalized spacial score (nSPS) is 12.8. The second kappa shape index (κ2) is 10.2. The molecule has 0 radical (unpaired) electrons. The molecule has 3 aromatic heterocycles. The number of nitrogens with zero attached hydrogens (tertiary/aromatic N) is 6. The van der Waals surface area contributed by atoms with Crippen LogP contribution in [0.3, 0.4) is 0 Å². The molecule has 0 saturated carbocycles. The van der Waals surface area contributed by atoms with Gasteiger partial charge < -0.3 is 10.6 Å². The number of anilines is 2. The van der Waals surface area contributed by atoms with Crippen LogP contribution in [0.15, 0.2) is 36.7 Å². The van der Waals surface area contributed by atoms with Gasteiger partial charge in [0.25, 0.3) is 0 Å². The molecule has 0 unspecified atom stereocenters. The summed E-state index contributed by atoms with van der Waals surface area (Å²) in [6.45, 7) is 14.9. The lowest BCUT2D eigenvalue weighted by atomic mass is 9.96. The highest BCUT2D eigenvalue weighted by Crippen LogP contribution is 2.36. The predicted molar refractivity (Wildman–Crippen MR) is 149 cm³/mol. The van der Waals surface area contributed by atoms with Crippen molar-refractivity contribution in [2.75, 3.05) is 17.2 Å². The molecule has 0 aliphatic carbocycles. The molecule has 38 heavy (non-hydrogen) atoms. The van der Waals surface area contributed by atoms with E-state index in [1.165, 1.54) is 12.3 Å². The SMILES string of the molecule is Cc1nc(F)ccc1[C@H](Nc1cc(Cl)c2ncc(C#N)c(NCC(C)(C)C)c2c1)c1cn(C(C)(C)C)nn1. The Morgan fingerprint density at radius 2 is 1.89 bits per heavy atom. The molecule has 0 bridgehead atoms. The lowest BCUT2D eigenvalue weighted by molar-refractivity contribution is 0.347. The number of aromatic nitrogens is 5. The van der Waals surface area contributed by atoms with Crippen LogP contribution in [-0.2, 0) is 5.54 Å². The monoisotopic (exact) mass is 534 g/mol. The van der Waals surface area contributed by atoms with Gasteiger partial charge in [-0.05, 0) is 51.3 Å². The molecule has 0 fully saturated rings. The Balaban J connectivity index is 1.85. The van der Waals surface area contributed by atoms with Gasteiger partial charge in [0.05, 0.1) is 39.6 Å². The highest BCUT2D eigenvalue weighted by atomic mass is 35.5. The van der Waals surface area contributed by atoms with Crippen molar-refractivity contribution in [3.05, 3.63) is 70.1 Å². The molecule has 0 spiro atoms. The molecule has 8 nitrogen and oxygen atoms in total. The lowest BCUT2D eigenvalue weighted by Crippen LogP contribution is -2.22. The molecule has 1 atom stereocenters. The van der Waals surface area contributed by atoms with E-state index in [0.717, 1.165) is 5.56 Å². The van der Waals surface area contributed by atoms with Crippen LogP contribution in [0.25, 0.3) is 10.9 Å². The quantitative estimate of drug-likeness (QED) is 0.268. The van der Waals surface area contributed by atoms with Gasteiger partial charge in [0.15, 0.2) is 0 Å². The molecule has 0 saturated heterocycles. The number of halogens is 2. The molecule has 0 aliphatic rings. The average molecular weight is 535 g/mol. The van der Waals surface area contributed by atoms with Crippen molar-refractivity contribution in [3.8, 4) is 6.07 Å². The fourth-order valence-corrected chi connectivity index (χ4v) is 4.30. The van der Waals surface area contributed by atoms with E-state index < -0.39 is 12.0 Å². The van der Waals surface area contributed by atoms with Crippen LogP contribution in [0.2, 0.25) is 5.02 Å². The summed E-state index contributed by atoms with van der Waals surface area (Å²) in [5.41, 5.74) is 4.00. The highest BCUT2D eigenvalue weighted by Gasteiger charge is 2.25. The number of nitriles is 1. The van der Waals surface area contributed by atoms with Crippen LogP contribution < -0.4 is 10.6 Å². The molecule has 2 N–H and O–H groups in total. The summed E-state index contributed by atoms with van der Waals surface area (Å²) < 4.78 is 15.7. The van der Waals surface area contributed by atoms with Gasteiger partial charge in [-0.25, -0.2) is 9.67 Å².